The Kier molecular flexibility index (Phi) is 4.82. The minimum Gasteiger partial charge on any atom is -0.461 e. The fourth-order valence-corrected chi connectivity index (χ4v) is 2.17. The molecular formula is C15H16ClN3O3. The van der Waals surface area contributed by atoms with Crippen LogP contribution in [0.2, 0.25) is 5.02 Å². The molecule has 22 heavy (non-hydrogen) atoms. The summed E-state index contributed by atoms with van der Waals surface area (Å²) >= 11 is 5.90. The zero-order valence-corrected chi connectivity index (χ0v) is 13.1. The molecule has 2 aromatic rings. The van der Waals surface area contributed by atoms with Crippen LogP contribution in [0.5, 0.6) is 0 Å². The van der Waals surface area contributed by atoms with Crippen LogP contribution in [0.25, 0.3) is 0 Å². The van der Waals surface area contributed by atoms with Crippen molar-refractivity contribution in [2.75, 3.05) is 12.3 Å². The third-order valence-electron chi connectivity index (χ3n) is 3.06. The first kappa shape index (κ1) is 16.0. The lowest BCUT2D eigenvalue weighted by atomic mass is 10.1. The van der Waals surface area contributed by atoms with Crippen LogP contribution in [0.3, 0.4) is 0 Å². The van der Waals surface area contributed by atoms with Crippen molar-refractivity contribution in [1.82, 2.24) is 9.78 Å². The van der Waals surface area contributed by atoms with Crippen molar-refractivity contribution < 1.29 is 14.3 Å². The van der Waals surface area contributed by atoms with Crippen LogP contribution < -0.4 is 5.73 Å². The Bertz CT molecular complexity index is 725. The van der Waals surface area contributed by atoms with Gasteiger partial charge in [-0.3, -0.25) is 9.48 Å². The molecule has 2 N–H and O–H groups in total. The standard InChI is InChI=1S/C15H16ClN3O3/c1-3-19-13(15(21)22-4-2)8-12(18-19)14(20)10-7-9(16)5-6-11(10)17/h5-8H,3-4,17H2,1-2H3. The highest BCUT2D eigenvalue weighted by Crippen LogP contribution is 2.21. The van der Waals surface area contributed by atoms with Crippen LogP contribution in [-0.4, -0.2) is 28.1 Å². The maximum absolute atomic E-state index is 12.5. The molecule has 0 saturated heterocycles. The van der Waals surface area contributed by atoms with Gasteiger partial charge in [-0.05, 0) is 32.0 Å². The quantitative estimate of drug-likeness (QED) is 0.519. The number of nitrogen functional groups attached to an aromatic ring is 1. The molecule has 0 bridgehead atoms. The van der Waals surface area contributed by atoms with Crippen LogP contribution in [0, 0.1) is 0 Å². The molecule has 1 aromatic carbocycles. The Morgan fingerprint density at radius 3 is 2.68 bits per heavy atom. The van der Waals surface area contributed by atoms with Crippen molar-refractivity contribution >= 4 is 29.0 Å². The van der Waals surface area contributed by atoms with E-state index in [-0.39, 0.29) is 23.6 Å². The second-order valence-electron chi connectivity index (χ2n) is 4.51. The maximum Gasteiger partial charge on any atom is 0.356 e. The number of esters is 1. The first-order valence-electron chi connectivity index (χ1n) is 6.82. The van der Waals surface area contributed by atoms with Crippen molar-refractivity contribution in [2.24, 2.45) is 0 Å². The number of carbonyl (C=O) groups excluding carboxylic acids is 2. The number of hydrogen-bond donors (Lipinski definition) is 1. The number of carbonyl (C=O) groups is 2. The molecule has 0 spiro atoms. The molecule has 0 fully saturated rings. The number of halogens is 1. The average molecular weight is 322 g/mol. The predicted molar refractivity (Wildman–Crippen MR) is 83.2 cm³/mol. The largest absolute Gasteiger partial charge is 0.461 e. The van der Waals surface area contributed by atoms with Gasteiger partial charge in [-0.15, -0.1) is 0 Å². The topological polar surface area (TPSA) is 87.2 Å². The lowest BCUT2D eigenvalue weighted by Crippen LogP contribution is -2.12. The normalized spacial score (nSPS) is 10.5. The SMILES string of the molecule is CCOC(=O)c1cc(C(=O)c2cc(Cl)ccc2N)nn1CC. The second-order valence-corrected chi connectivity index (χ2v) is 4.95. The van der Waals surface area contributed by atoms with E-state index in [0.29, 0.717) is 17.3 Å². The van der Waals surface area contributed by atoms with E-state index in [9.17, 15) is 9.59 Å². The summed E-state index contributed by atoms with van der Waals surface area (Å²) in [6.07, 6.45) is 0. The van der Waals surface area contributed by atoms with Gasteiger partial charge in [0.2, 0.25) is 5.78 Å². The number of hydrogen-bond acceptors (Lipinski definition) is 5. The molecule has 0 atom stereocenters. The van der Waals surface area contributed by atoms with E-state index >= 15 is 0 Å². The molecule has 0 aliphatic carbocycles. The Balaban J connectivity index is 2.42. The predicted octanol–water partition coefficient (Wildman–Crippen LogP) is 2.55. The molecular weight excluding hydrogens is 306 g/mol. The number of ketones is 1. The van der Waals surface area contributed by atoms with Crippen LogP contribution >= 0.6 is 11.6 Å². The molecule has 0 aliphatic heterocycles. The number of benzene rings is 1. The lowest BCUT2D eigenvalue weighted by Gasteiger charge is -2.03. The van der Waals surface area contributed by atoms with Gasteiger partial charge < -0.3 is 10.5 Å². The van der Waals surface area contributed by atoms with Crippen LogP contribution in [0.4, 0.5) is 5.69 Å². The van der Waals surface area contributed by atoms with E-state index in [2.05, 4.69) is 5.10 Å². The second kappa shape index (κ2) is 6.62. The Hall–Kier alpha value is -2.34. The maximum atomic E-state index is 12.5. The van der Waals surface area contributed by atoms with E-state index in [1.54, 1.807) is 19.1 Å². The number of aryl methyl sites for hydroxylation is 1. The van der Waals surface area contributed by atoms with Crippen molar-refractivity contribution in [3.05, 3.63) is 46.2 Å². The van der Waals surface area contributed by atoms with Gasteiger partial charge in [0.25, 0.3) is 0 Å². The Labute approximate surface area is 132 Å². The first-order chi connectivity index (χ1) is 10.5. The fourth-order valence-electron chi connectivity index (χ4n) is 2.00. The van der Waals surface area contributed by atoms with Gasteiger partial charge >= 0.3 is 5.97 Å². The van der Waals surface area contributed by atoms with E-state index < -0.39 is 11.8 Å². The van der Waals surface area contributed by atoms with Gasteiger partial charge in [-0.25, -0.2) is 4.79 Å². The number of ether oxygens (including phenoxy) is 1. The van der Waals surface area contributed by atoms with E-state index in [1.165, 1.54) is 16.8 Å². The molecule has 1 aromatic heterocycles. The zero-order chi connectivity index (χ0) is 16.3. The molecule has 0 unspecified atom stereocenters. The van der Waals surface area contributed by atoms with Gasteiger partial charge in [0.15, 0.2) is 0 Å². The molecule has 2 rings (SSSR count). The van der Waals surface area contributed by atoms with Gasteiger partial charge in [0.1, 0.15) is 11.4 Å². The Morgan fingerprint density at radius 2 is 2.05 bits per heavy atom. The monoisotopic (exact) mass is 321 g/mol. The molecule has 0 aliphatic rings. The minimum atomic E-state index is -0.519. The highest BCUT2D eigenvalue weighted by Gasteiger charge is 2.21. The number of rotatable bonds is 5. The molecule has 0 radical (unpaired) electrons. The number of aromatic nitrogens is 2. The van der Waals surface area contributed by atoms with Crippen LogP contribution in [0.15, 0.2) is 24.3 Å². The van der Waals surface area contributed by atoms with Crippen LogP contribution in [0.1, 0.15) is 40.4 Å². The summed E-state index contributed by atoms with van der Waals surface area (Å²) < 4.78 is 6.38. The lowest BCUT2D eigenvalue weighted by molar-refractivity contribution is 0.0512. The van der Waals surface area contributed by atoms with Crippen molar-refractivity contribution in [3.8, 4) is 0 Å². The summed E-state index contributed by atoms with van der Waals surface area (Å²) in [6, 6.07) is 6.04. The molecule has 0 amide bonds. The van der Waals surface area contributed by atoms with E-state index in [1.807, 2.05) is 6.92 Å². The minimum absolute atomic E-state index is 0.124. The van der Waals surface area contributed by atoms with Crippen molar-refractivity contribution in [2.45, 2.75) is 20.4 Å². The zero-order valence-electron chi connectivity index (χ0n) is 12.3. The third-order valence-corrected chi connectivity index (χ3v) is 3.29. The fraction of sp³-hybridized carbons (Fsp3) is 0.267. The summed E-state index contributed by atoms with van der Waals surface area (Å²) in [4.78, 5) is 24.4. The van der Waals surface area contributed by atoms with Crippen molar-refractivity contribution in [1.29, 1.82) is 0 Å². The molecule has 7 heteroatoms. The Morgan fingerprint density at radius 1 is 1.32 bits per heavy atom. The summed E-state index contributed by atoms with van der Waals surface area (Å²) in [5, 5.41) is 4.55. The third kappa shape index (κ3) is 3.12. The van der Waals surface area contributed by atoms with Gasteiger partial charge in [0, 0.05) is 28.9 Å². The number of anilines is 1. The number of nitrogens with two attached hydrogens (primary N) is 1. The summed E-state index contributed by atoms with van der Waals surface area (Å²) in [5.41, 5.74) is 6.72. The van der Waals surface area contributed by atoms with E-state index in [4.69, 9.17) is 22.1 Å². The van der Waals surface area contributed by atoms with Gasteiger partial charge in [-0.1, -0.05) is 11.6 Å². The van der Waals surface area contributed by atoms with Gasteiger partial charge in [-0.2, -0.15) is 5.10 Å². The smallest absolute Gasteiger partial charge is 0.356 e. The van der Waals surface area contributed by atoms with Crippen molar-refractivity contribution in [3.63, 3.8) is 0 Å². The van der Waals surface area contributed by atoms with Gasteiger partial charge in [0.05, 0.1) is 6.61 Å². The molecule has 116 valence electrons. The first-order valence-corrected chi connectivity index (χ1v) is 7.20. The molecule has 6 nitrogen and oxygen atoms in total. The molecule has 0 saturated carbocycles. The van der Waals surface area contributed by atoms with E-state index in [0.717, 1.165) is 0 Å². The molecule has 1 heterocycles. The van der Waals surface area contributed by atoms with Crippen LogP contribution in [-0.2, 0) is 11.3 Å². The highest BCUT2D eigenvalue weighted by atomic mass is 35.5. The average Bonchev–Trinajstić information content (AvgIpc) is 2.93. The summed E-state index contributed by atoms with van der Waals surface area (Å²) in [5.74, 6) is -0.910. The summed E-state index contributed by atoms with van der Waals surface area (Å²) in [6.45, 7) is 4.21. The number of nitrogens with zero attached hydrogens (tertiary/aromatic N) is 2. The summed E-state index contributed by atoms with van der Waals surface area (Å²) in [7, 11) is 0. The highest BCUT2D eigenvalue weighted by molar-refractivity contribution is 6.31.